The molecular formula is C50H44N12O15S4. The molecule has 0 bridgehead atoms. The highest BCUT2D eigenvalue weighted by atomic mass is 32.3. The molecular weight excluding hydrogens is 1140 g/mol. The van der Waals surface area contributed by atoms with Crippen LogP contribution < -0.4 is 17.0 Å². The minimum Gasteiger partial charge on any atom is -0.476 e. The van der Waals surface area contributed by atoms with Crippen LogP contribution in [0.15, 0.2) is 211 Å². The summed E-state index contributed by atoms with van der Waals surface area (Å²) in [4.78, 5) is 23.7. The van der Waals surface area contributed by atoms with Gasteiger partial charge in [-0.05, 0) is 123 Å². The second-order valence-electron chi connectivity index (χ2n) is 17.3. The lowest BCUT2D eigenvalue weighted by Crippen LogP contribution is -2.14. The highest BCUT2D eigenvalue weighted by Crippen LogP contribution is 2.48. The summed E-state index contributed by atoms with van der Waals surface area (Å²) in [5.74, 6) is -1.53. The zero-order valence-electron chi connectivity index (χ0n) is 41.6. The zero-order valence-corrected chi connectivity index (χ0v) is 44.9. The van der Waals surface area contributed by atoms with Crippen LogP contribution in [0.2, 0.25) is 0 Å². The Kier molecular flexibility index (Phi) is 16.5. The van der Waals surface area contributed by atoms with Gasteiger partial charge in [0, 0.05) is 21.5 Å². The third-order valence-corrected chi connectivity index (χ3v) is 15.1. The zero-order chi connectivity index (χ0) is 58.8. The third-order valence-electron chi connectivity index (χ3n) is 11.6. The molecule has 0 atom stereocenters. The van der Waals surface area contributed by atoms with Crippen molar-refractivity contribution in [3.8, 4) is 5.69 Å². The van der Waals surface area contributed by atoms with Crippen LogP contribution in [-0.4, -0.2) is 74.1 Å². The van der Waals surface area contributed by atoms with Crippen molar-refractivity contribution in [2.24, 2.45) is 40.9 Å². The smallest absolute Gasteiger partial charge is 0.356 e. The molecule has 9 aromatic rings. The second-order valence-corrected chi connectivity index (χ2v) is 23.1. The van der Waals surface area contributed by atoms with E-state index < -0.39 is 74.7 Å². The number of azo groups is 4. The predicted octanol–water partition coefficient (Wildman–Crippen LogP) is 14.0. The number of carboxylic acid groups (broad SMARTS) is 1. The molecule has 9 rings (SSSR count). The maximum Gasteiger partial charge on any atom is 0.356 e. The minimum absolute atomic E-state index is 0.0259. The van der Waals surface area contributed by atoms with Crippen molar-refractivity contribution in [3.05, 3.63) is 173 Å². The van der Waals surface area contributed by atoms with E-state index in [4.69, 9.17) is 11.5 Å². The summed E-state index contributed by atoms with van der Waals surface area (Å²) in [7, 11) is -17.2. The van der Waals surface area contributed by atoms with Crippen LogP contribution in [0.1, 0.15) is 21.6 Å². The van der Waals surface area contributed by atoms with Gasteiger partial charge in [-0.25, -0.2) is 9.48 Å². The van der Waals surface area contributed by atoms with Crippen LogP contribution >= 0.6 is 21.7 Å². The molecule has 1 aromatic heterocycles. The minimum atomic E-state index is -4.62. The van der Waals surface area contributed by atoms with Gasteiger partial charge in [0.15, 0.2) is 11.4 Å². The topological polar surface area (TPSA) is 456 Å². The number of aromatic nitrogens is 2. The number of hydrogen-bond acceptors (Lipinski definition) is 22. The molecule has 0 spiro atoms. The lowest BCUT2D eigenvalue weighted by molar-refractivity contribution is 0.0690. The van der Waals surface area contributed by atoms with E-state index in [0.717, 1.165) is 40.1 Å². The quantitative estimate of drug-likeness (QED) is 0.0273. The Bertz CT molecular complexity index is 4350. The standard InChI is InChI=1S/C27H22N6O9S2.C23H22N6O6S2/c1-15-2-4-16(5-3-15)28-29-23-13-12-22(20-11-10-19(14-21(20)23)44(40,41)42)30-31-24-25(27(35)36)32-33(26(24)34)17-6-8-18(9-7-17)43(37,38)39;1-13-2-4-14(5-3-13)26-27-21-9-8-20(16-7-6-15(10-17(16)21)36(30,31)32)28-29-22-12-23(37(33,34)35)19(25)11-18(22)24/h2-14,32,40-42H,1H3,(H,35,36)(H,37,38,39);2-12,30-32H,24-25H2,1H3,(H,33,34,35). The average molecular weight is 1180 g/mol. The molecule has 0 saturated heterocycles. The van der Waals surface area contributed by atoms with Gasteiger partial charge in [0.2, 0.25) is 0 Å². The van der Waals surface area contributed by atoms with Crippen molar-refractivity contribution in [1.82, 2.24) is 9.78 Å². The number of nitrogens with one attached hydrogen (secondary N) is 1. The number of rotatable bonds is 14. The number of carbonyl (C=O) groups is 1. The molecule has 418 valence electrons. The highest BCUT2D eigenvalue weighted by molar-refractivity contribution is 8.19. The van der Waals surface area contributed by atoms with Gasteiger partial charge in [-0.2, -0.15) is 27.1 Å². The number of nitrogens with two attached hydrogens (primary N) is 2. The van der Waals surface area contributed by atoms with Crippen LogP contribution in [0.4, 0.5) is 56.9 Å². The Hall–Kier alpha value is -8.96. The maximum atomic E-state index is 13.2. The normalized spacial score (nSPS) is 13.0. The van der Waals surface area contributed by atoms with E-state index in [2.05, 4.69) is 46.0 Å². The van der Waals surface area contributed by atoms with Gasteiger partial charge in [0.05, 0.1) is 65.9 Å². The van der Waals surface area contributed by atoms with Crippen LogP contribution in [0.25, 0.3) is 27.2 Å². The summed E-state index contributed by atoms with van der Waals surface area (Å²) in [5.41, 5.74) is 13.5. The summed E-state index contributed by atoms with van der Waals surface area (Å²) < 4.78 is 124. The Morgan fingerprint density at radius 2 is 0.864 bits per heavy atom. The van der Waals surface area contributed by atoms with Gasteiger partial charge in [-0.1, -0.05) is 47.5 Å². The molecule has 0 unspecified atom stereocenters. The van der Waals surface area contributed by atoms with Crippen LogP contribution in [0.3, 0.4) is 0 Å². The van der Waals surface area contributed by atoms with Crippen LogP contribution in [0.5, 0.6) is 0 Å². The summed E-state index contributed by atoms with van der Waals surface area (Å²) in [6.07, 6.45) is 0. The van der Waals surface area contributed by atoms with Crippen molar-refractivity contribution in [1.29, 1.82) is 0 Å². The van der Waals surface area contributed by atoms with Gasteiger partial charge in [0.1, 0.15) is 32.3 Å². The number of aromatic amines is 1. The number of benzene rings is 8. The monoisotopic (exact) mass is 1180 g/mol. The lowest BCUT2D eigenvalue weighted by atomic mass is 10.1. The number of aromatic carboxylic acids is 1. The first-order chi connectivity index (χ1) is 38.0. The molecule has 81 heavy (non-hydrogen) atoms. The molecule has 27 nitrogen and oxygen atoms in total. The van der Waals surface area contributed by atoms with Crippen LogP contribution in [-0.2, 0) is 20.2 Å². The van der Waals surface area contributed by atoms with Gasteiger partial charge in [-0.3, -0.25) is 19.0 Å². The average Bonchev–Trinajstić information content (AvgIpc) is 3.79. The fourth-order valence-corrected chi connectivity index (χ4v) is 9.62. The van der Waals surface area contributed by atoms with Gasteiger partial charge in [-0.15, -0.1) is 30.7 Å². The SMILES string of the molecule is Cc1ccc(N=Nc2ccc(N=Nc3c(C(=O)O)[nH]n(-c4ccc(S(=O)(=O)O)cc4)c3=O)c3ccc(S(O)(O)O)cc23)cc1.Cc1ccc(N=Nc2ccc(N=Nc3cc(S(=O)(=O)O)c(N)cc3N)c3ccc(S(O)(O)O)cc23)cc1. The predicted molar refractivity (Wildman–Crippen MR) is 303 cm³/mol. The number of anilines is 2. The molecule has 0 fully saturated rings. The Morgan fingerprint density at radius 3 is 1.28 bits per heavy atom. The molecule has 31 heteroatoms. The summed E-state index contributed by atoms with van der Waals surface area (Å²) in [5, 5.41) is 46.7. The number of fused-ring (bicyclic) bond motifs is 2. The van der Waals surface area contributed by atoms with Gasteiger partial charge >= 0.3 is 5.97 Å². The summed E-state index contributed by atoms with van der Waals surface area (Å²) >= 11 is 0. The van der Waals surface area contributed by atoms with Gasteiger partial charge in [0.25, 0.3) is 25.8 Å². The number of H-pyrrole nitrogens is 1. The first-order valence-electron chi connectivity index (χ1n) is 22.8. The molecule has 1 heterocycles. The van der Waals surface area contributed by atoms with Crippen molar-refractivity contribution < 1.29 is 63.2 Å². The van der Waals surface area contributed by atoms with E-state index in [-0.39, 0.29) is 55.0 Å². The van der Waals surface area contributed by atoms with E-state index >= 15 is 0 Å². The molecule has 0 radical (unpaired) electrons. The molecule has 14 N–H and O–H groups in total. The van der Waals surface area contributed by atoms with Crippen molar-refractivity contribution in [2.75, 3.05) is 11.5 Å². The molecule has 0 amide bonds. The highest BCUT2D eigenvalue weighted by Gasteiger charge is 2.24. The molecule has 0 aliphatic heterocycles. The largest absolute Gasteiger partial charge is 0.476 e. The Labute approximate surface area is 461 Å². The number of hydrogen-bond donors (Lipinski definition) is 12. The van der Waals surface area contributed by atoms with E-state index in [0.29, 0.717) is 33.2 Å². The number of nitrogen functional groups attached to an aromatic ring is 2. The van der Waals surface area contributed by atoms with E-state index in [1.54, 1.807) is 36.4 Å². The van der Waals surface area contributed by atoms with Crippen LogP contribution in [0, 0.1) is 13.8 Å². The fourth-order valence-electron chi connectivity index (χ4n) is 7.47. The first-order valence-corrected chi connectivity index (χ1v) is 28.7. The first kappa shape index (κ1) is 58.2. The van der Waals surface area contributed by atoms with E-state index in [9.17, 15) is 68.0 Å². The molecule has 0 saturated carbocycles. The Morgan fingerprint density at radius 1 is 0.457 bits per heavy atom. The molecule has 0 aliphatic rings. The number of carboxylic acids is 1. The number of nitrogens with zero attached hydrogens (tertiary/aromatic N) is 9. The molecule has 8 aromatic carbocycles. The summed E-state index contributed by atoms with van der Waals surface area (Å²) in [6.45, 7) is 3.86. The lowest BCUT2D eigenvalue weighted by Gasteiger charge is -2.19. The van der Waals surface area contributed by atoms with Crippen molar-refractivity contribution >= 4 is 126 Å². The van der Waals surface area contributed by atoms with Gasteiger partial charge < -0.3 is 43.9 Å². The third kappa shape index (κ3) is 13.7. The Balaban J connectivity index is 0.000000216. The van der Waals surface area contributed by atoms with E-state index in [1.807, 2.05) is 38.1 Å². The summed E-state index contributed by atoms with van der Waals surface area (Å²) in [6, 6.07) is 35.3. The fraction of sp³-hybridized carbons (Fsp3) is 0.0400. The van der Waals surface area contributed by atoms with E-state index in [1.165, 1.54) is 60.7 Å². The van der Waals surface area contributed by atoms with Crippen molar-refractivity contribution in [2.45, 2.75) is 33.4 Å². The van der Waals surface area contributed by atoms with Crippen molar-refractivity contribution in [3.63, 3.8) is 0 Å². The maximum absolute atomic E-state index is 13.2. The molecule has 0 aliphatic carbocycles. The second kappa shape index (κ2) is 23.0. The number of aryl methyl sites for hydroxylation is 2.